The van der Waals surface area contributed by atoms with Crippen LogP contribution in [0.1, 0.15) is 29.8 Å². The second-order valence-corrected chi connectivity index (χ2v) is 7.52. The molecule has 2 aliphatic heterocycles. The molecule has 25 heavy (non-hydrogen) atoms. The van der Waals surface area contributed by atoms with Gasteiger partial charge < -0.3 is 10.2 Å². The van der Waals surface area contributed by atoms with Gasteiger partial charge in [-0.2, -0.15) is 0 Å². The molecule has 136 valence electrons. The van der Waals surface area contributed by atoms with Crippen LogP contribution in [0, 0.1) is 0 Å². The molecule has 2 saturated heterocycles. The standard InChI is InChI=1S/C17H18ClN3OS.2ClH/c18-12-3-1-11(2-4-12)16-20-15(10-23-16)17(22)21-8-7-13-5-6-14(9-21)19-13;;/h1-4,10,13-14,19H,5-9H2;2*1H. The number of carbonyl (C=O) groups excluding carboxylic acids is 1. The van der Waals surface area contributed by atoms with Crippen LogP contribution in [0.4, 0.5) is 0 Å². The summed E-state index contributed by atoms with van der Waals surface area (Å²) in [7, 11) is 0. The number of benzene rings is 1. The van der Waals surface area contributed by atoms with Gasteiger partial charge in [0, 0.05) is 41.1 Å². The van der Waals surface area contributed by atoms with Crippen molar-refractivity contribution in [2.45, 2.75) is 31.3 Å². The Morgan fingerprint density at radius 2 is 1.88 bits per heavy atom. The van der Waals surface area contributed by atoms with Crippen LogP contribution in [0.5, 0.6) is 0 Å². The smallest absolute Gasteiger partial charge is 0.273 e. The molecule has 8 heteroatoms. The summed E-state index contributed by atoms with van der Waals surface area (Å²) in [5.74, 6) is 0.0517. The van der Waals surface area contributed by atoms with Gasteiger partial charge in [0.25, 0.3) is 5.91 Å². The largest absolute Gasteiger partial charge is 0.336 e. The summed E-state index contributed by atoms with van der Waals surface area (Å²) in [5.41, 5.74) is 1.55. The van der Waals surface area contributed by atoms with Gasteiger partial charge in [-0.15, -0.1) is 36.2 Å². The van der Waals surface area contributed by atoms with E-state index in [1.807, 2.05) is 34.5 Å². The molecule has 2 aliphatic rings. The highest BCUT2D eigenvalue weighted by Gasteiger charge is 2.32. The van der Waals surface area contributed by atoms with Crippen LogP contribution in [-0.2, 0) is 0 Å². The van der Waals surface area contributed by atoms with Gasteiger partial charge in [-0.1, -0.05) is 23.7 Å². The molecule has 1 aromatic heterocycles. The monoisotopic (exact) mass is 419 g/mol. The zero-order chi connectivity index (χ0) is 15.8. The van der Waals surface area contributed by atoms with E-state index >= 15 is 0 Å². The summed E-state index contributed by atoms with van der Waals surface area (Å²) in [5, 5.41) is 7.03. The Bertz CT molecular complexity index is 722. The zero-order valence-corrected chi connectivity index (χ0v) is 16.7. The van der Waals surface area contributed by atoms with Crippen molar-refractivity contribution in [3.63, 3.8) is 0 Å². The third-order valence-electron chi connectivity index (χ3n) is 4.62. The van der Waals surface area contributed by atoms with Crippen LogP contribution in [0.25, 0.3) is 10.6 Å². The predicted octanol–water partition coefficient (Wildman–Crippen LogP) is 4.27. The molecule has 2 atom stereocenters. The number of nitrogens with zero attached hydrogens (tertiary/aromatic N) is 2. The summed E-state index contributed by atoms with van der Waals surface area (Å²) < 4.78 is 0. The van der Waals surface area contributed by atoms with Gasteiger partial charge in [-0.05, 0) is 31.4 Å². The van der Waals surface area contributed by atoms with E-state index in [0.29, 0.717) is 22.8 Å². The number of rotatable bonds is 2. The second kappa shape index (κ2) is 8.69. The van der Waals surface area contributed by atoms with Crippen LogP contribution in [0.15, 0.2) is 29.6 Å². The summed E-state index contributed by atoms with van der Waals surface area (Å²) in [4.78, 5) is 19.2. The van der Waals surface area contributed by atoms with E-state index in [0.717, 1.165) is 30.1 Å². The molecule has 4 rings (SSSR count). The first kappa shape index (κ1) is 20.5. The first-order chi connectivity index (χ1) is 11.2. The van der Waals surface area contributed by atoms with E-state index in [2.05, 4.69) is 10.3 Å². The average molecular weight is 421 g/mol. The van der Waals surface area contributed by atoms with Crippen LogP contribution in [0.2, 0.25) is 5.02 Å². The number of nitrogens with one attached hydrogen (secondary N) is 1. The molecule has 1 N–H and O–H groups in total. The van der Waals surface area contributed by atoms with E-state index in [9.17, 15) is 4.79 Å². The Kier molecular flexibility index (Phi) is 7.11. The Morgan fingerprint density at radius 3 is 2.64 bits per heavy atom. The van der Waals surface area contributed by atoms with E-state index in [1.165, 1.54) is 24.2 Å². The van der Waals surface area contributed by atoms with Crippen LogP contribution in [0.3, 0.4) is 0 Å². The molecule has 1 aromatic carbocycles. The quantitative estimate of drug-likeness (QED) is 0.789. The predicted molar refractivity (Wildman–Crippen MR) is 108 cm³/mol. The van der Waals surface area contributed by atoms with Gasteiger partial charge in [0.15, 0.2) is 0 Å². The number of aromatic nitrogens is 1. The van der Waals surface area contributed by atoms with Gasteiger partial charge in [0.2, 0.25) is 0 Å². The minimum atomic E-state index is 0. The van der Waals surface area contributed by atoms with E-state index in [1.54, 1.807) is 0 Å². The van der Waals surface area contributed by atoms with Crippen LogP contribution in [-0.4, -0.2) is 41.0 Å². The van der Waals surface area contributed by atoms with Crippen molar-refractivity contribution in [1.29, 1.82) is 0 Å². The summed E-state index contributed by atoms with van der Waals surface area (Å²) in [6.07, 6.45) is 3.45. The lowest BCUT2D eigenvalue weighted by Crippen LogP contribution is -2.39. The van der Waals surface area contributed by atoms with E-state index in [-0.39, 0.29) is 30.7 Å². The molecule has 0 saturated carbocycles. The number of halogens is 3. The number of likely N-dealkylation sites (tertiary alicyclic amines) is 1. The van der Waals surface area contributed by atoms with Crippen molar-refractivity contribution in [1.82, 2.24) is 15.2 Å². The van der Waals surface area contributed by atoms with Gasteiger partial charge in [-0.3, -0.25) is 4.79 Å². The summed E-state index contributed by atoms with van der Waals surface area (Å²) in [6, 6.07) is 8.58. The van der Waals surface area contributed by atoms with Crippen molar-refractivity contribution < 1.29 is 4.79 Å². The Hall–Kier alpha value is -0.850. The van der Waals surface area contributed by atoms with E-state index in [4.69, 9.17) is 11.6 Å². The number of thiazole rings is 1. The lowest BCUT2D eigenvalue weighted by Gasteiger charge is -2.23. The normalized spacial score (nSPS) is 21.9. The fourth-order valence-electron chi connectivity index (χ4n) is 3.39. The number of carbonyl (C=O) groups is 1. The van der Waals surface area contributed by atoms with E-state index < -0.39 is 0 Å². The molecular weight excluding hydrogens is 401 g/mol. The maximum Gasteiger partial charge on any atom is 0.273 e. The third kappa shape index (κ3) is 4.47. The van der Waals surface area contributed by atoms with Gasteiger partial charge in [0.05, 0.1) is 0 Å². The van der Waals surface area contributed by atoms with Gasteiger partial charge in [0.1, 0.15) is 10.7 Å². The topological polar surface area (TPSA) is 45.2 Å². The lowest BCUT2D eigenvalue weighted by atomic mass is 10.1. The molecular formula is C17H20Cl3N3OS. The van der Waals surface area contributed by atoms with Crippen molar-refractivity contribution in [3.05, 3.63) is 40.4 Å². The molecule has 2 bridgehead atoms. The Labute approximate surface area is 168 Å². The van der Waals surface area contributed by atoms with Gasteiger partial charge in [-0.25, -0.2) is 4.98 Å². The minimum absolute atomic E-state index is 0. The zero-order valence-electron chi connectivity index (χ0n) is 13.5. The maximum absolute atomic E-state index is 12.7. The van der Waals surface area contributed by atoms with Crippen LogP contribution >= 0.6 is 47.8 Å². The SMILES string of the molecule is Cl.Cl.O=C(c1csc(-c2ccc(Cl)cc2)n1)N1CCC2CCC(C1)N2. The first-order valence-corrected chi connectivity index (χ1v) is 9.21. The molecule has 1 amide bonds. The van der Waals surface area contributed by atoms with Crippen molar-refractivity contribution in [2.75, 3.05) is 13.1 Å². The number of hydrogen-bond donors (Lipinski definition) is 1. The number of hydrogen-bond acceptors (Lipinski definition) is 4. The van der Waals surface area contributed by atoms with Crippen LogP contribution < -0.4 is 5.32 Å². The lowest BCUT2D eigenvalue weighted by molar-refractivity contribution is 0.0743. The van der Waals surface area contributed by atoms with Crippen molar-refractivity contribution in [3.8, 4) is 10.6 Å². The summed E-state index contributed by atoms with van der Waals surface area (Å²) in [6.45, 7) is 1.62. The fraction of sp³-hybridized carbons (Fsp3) is 0.412. The molecule has 2 fully saturated rings. The highest BCUT2D eigenvalue weighted by atomic mass is 35.5. The fourth-order valence-corrected chi connectivity index (χ4v) is 4.31. The molecule has 0 radical (unpaired) electrons. The molecule has 2 unspecified atom stereocenters. The third-order valence-corrected chi connectivity index (χ3v) is 5.77. The Morgan fingerprint density at radius 1 is 1.16 bits per heavy atom. The summed E-state index contributed by atoms with van der Waals surface area (Å²) >= 11 is 7.42. The molecule has 4 nitrogen and oxygen atoms in total. The number of amides is 1. The molecule has 2 aromatic rings. The highest BCUT2D eigenvalue weighted by Crippen LogP contribution is 2.27. The van der Waals surface area contributed by atoms with Crippen molar-refractivity contribution >= 4 is 53.7 Å². The van der Waals surface area contributed by atoms with Gasteiger partial charge >= 0.3 is 0 Å². The Balaban J connectivity index is 0.00000113. The molecule has 0 spiro atoms. The number of fused-ring (bicyclic) bond motifs is 2. The molecule has 0 aliphatic carbocycles. The van der Waals surface area contributed by atoms with Crippen molar-refractivity contribution in [2.24, 2.45) is 0 Å². The molecule has 3 heterocycles. The average Bonchev–Trinajstić information content (AvgIpc) is 3.14. The maximum atomic E-state index is 12.7. The minimum Gasteiger partial charge on any atom is -0.336 e. The second-order valence-electron chi connectivity index (χ2n) is 6.22. The first-order valence-electron chi connectivity index (χ1n) is 7.96. The highest BCUT2D eigenvalue weighted by molar-refractivity contribution is 7.13.